The van der Waals surface area contributed by atoms with Gasteiger partial charge in [-0.3, -0.25) is 9.52 Å². The maximum Gasteiger partial charge on any atom is 0.308 e. The van der Waals surface area contributed by atoms with Crippen molar-refractivity contribution in [2.45, 2.75) is 18.2 Å². The summed E-state index contributed by atoms with van der Waals surface area (Å²) in [5, 5.41) is 20.6. The smallest absolute Gasteiger partial charge is 0.308 e. The molecule has 0 saturated heterocycles. The number of anilines is 1. The van der Waals surface area contributed by atoms with Crippen molar-refractivity contribution >= 4 is 32.5 Å². The lowest BCUT2D eigenvalue weighted by molar-refractivity contribution is -0.131. The zero-order valence-electron chi connectivity index (χ0n) is 17.6. The van der Waals surface area contributed by atoms with Crippen LogP contribution in [0.1, 0.15) is 18.1 Å². The molecule has 4 aromatic carbocycles. The SMILES string of the molecule is CC(=O)Oc1ccc(S(=O)(=O)Nc2cccc(Cc3cc(O)ccc3O)c2)c2ccccc12. The first-order valence-corrected chi connectivity index (χ1v) is 11.5. The van der Waals surface area contributed by atoms with Gasteiger partial charge in [0.1, 0.15) is 17.2 Å². The standard InChI is InChI=1S/C25H21NO6S/c1-16(27)32-24-11-12-25(22-8-3-2-7-21(22)24)33(30,31)26-19-6-4-5-17(14-19)13-18-15-20(28)9-10-23(18)29/h2-12,14-15,26,28-29H,13H2,1H3. The van der Waals surface area contributed by atoms with Crippen LogP contribution >= 0.6 is 0 Å². The van der Waals surface area contributed by atoms with Gasteiger partial charge in [0, 0.05) is 35.4 Å². The summed E-state index contributed by atoms with van der Waals surface area (Å²) >= 11 is 0. The predicted molar refractivity (Wildman–Crippen MR) is 125 cm³/mol. The summed E-state index contributed by atoms with van der Waals surface area (Å²) in [6.45, 7) is 1.28. The van der Waals surface area contributed by atoms with Gasteiger partial charge in [0.2, 0.25) is 0 Å². The van der Waals surface area contributed by atoms with Crippen molar-refractivity contribution in [1.82, 2.24) is 0 Å². The quantitative estimate of drug-likeness (QED) is 0.219. The molecule has 0 saturated carbocycles. The Morgan fingerprint density at radius 1 is 0.909 bits per heavy atom. The normalized spacial score (nSPS) is 11.3. The van der Waals surface area contributed by atoms with Gasteiger partial charge in [0.05, 0.1) is 4.90 Å². The van der Waals surface area contributed by atoms with Crippen LogP contribution < -0.4 is 9.46 Å². The topological polar surface area (TPSA) is 113 Å². The Hall–Kier alpha value is -4.04. The summed E-state index contributed by atoms with van der Waals surface area (Å²) in [5.41, 5.74) is 1.61. The molecule has 168 valence electrons. The van der Waals surface area contributed by atoms with Crippen molar-refractivity contribution in [1.29, 1.82) is 0 Å². The Labute approximate surface area is 190 Å². The van der Waals surface area contributed by atoms with Crippen LogP contribution in [-0.4, -0.2) is 24.6 Å². The van der Waals surface area contributed by atoms with Crippen LogP contribution in [0.3, 0.4) is 0 Å². The summed E-state index contributed by atoms with van der Waals surface area (Å²) in [4.78, 5) is 11.4. The molecule has 8 heteroatoms. The molecule has 0 aromatic heterocycles. The molecule has 0 atom stereocenters. The number of aromatic hydroxyl groups is 2. The highest BCUT2D eigenvalue weighted by atomic mass is 32.2. The monoisotopic (exact) mass is 463 g/mol. The number of fused-ring (bicyclic) bond motifs is 1. The number of carbonyl (C=O) groups excluding carboxylic acids is 1. The van der Waals surface area contributed by atoms with Crippen molar-refractivity contribution in [2.24, 2.45) is 0 Å². The zero-order chi connectivity index (χ0) is 23.6. The number of ether oxygens (including phenoxy) is 1. The minimum atomic E-state index is -3.97. The molecular formula is C25H21NO6S. The van der Waals surface area contributed by atoms with Crippen LogP contribution in [0, 0.1) is 0 Å². The van der Waals surface area contributed by atoms with Crippen molar-refractivity contribution in [3.8, 4) is 17.2 Å². The maximum atomic E-state index is 13.2. The lowest BCUT2D eigenvalue weighted by Crippen LogP contribution is -2.14. The van der Waals surface area contributed by atoms with Gasteiger partial charge in [-0.25, -0.2) is 8.42 Å². The van der Waals surface area contributed by atoms with Crippen LogP contribution in [0.5, 0.6) is 17.2 Å². The van der Waals surface area contributed by atoms with E-state index in [4.69, 9.17) is 4.74 Å². The fraction of sp³-hybridized carbons (Fsp3) is 0.0800. The molecule has 0 spiro atoms. The first-order chi connectivity index (χ1) is 15.7. The third kappa shape index (κ3) is 4.91. The highest BCUT2D eigenvalue weighted by molar-refractivity contribution is 7.93. The van der Waals surface area contributed by atoms with Crippen LogP contribution in [0.25, 0.3) is 10.8 Å². The largest absolute Gasteiger partial charge is 0.508 e. The second-order valence-electron chi connectivity index (χ2n) is 7.50. The number of rotatable bonds is 6. The fourth-order valence-electron chi connectivity index (χ4n) is 3.61. The number of sulfonamides is 1. The number of hydrogen-bond acceptors (Lipinski definition) is 6. The zero-order valence-corrected chi connectivity index (χ0v) is 18.5. The molecule has 0 aliphatic heterocycles. The van der Waals surface area contributed by atoms with E-state index >= 15 is 0 Å². The van der Waals surface area contributed by atoms with Gasteiger partial charge in [0.15, 0.2) is 0 Å². The number of carbonyl (C=O) groups is 1. The Morgan fingerprint density at radius 2 is 1.67 bits per heavy atom. The average Bonchev–Trinajstić information content (AvgIpc) is 2.76. The van der Waals surface area contributed by atoms with Gasteiger partial charge < -0.3 is 14.9 Å². The summed E-state index contributed by atoms with van der Waals surface area (Å²) in [7, 11) is -3.97. The molecule has 0 aliphatic carbocycles. The van der Waals surface area contributed by atoms with Crippen molar-refractivity contribution in [2.75, 3.05) is 4.72 Å². The number of esters is 1. The van der Waals surface area contributed by atoms with Crippen LogP contribution in [0.15, 0.2) is 83.8 Å². The van der Waals surface area contributed by atoms with E-state index in [0.717, 1.165) is 5.56 Å². The summed E-state index contributed by atoms with van der Waals surface area (Å²) < 4.78 is 34.3. The third-order valence-corrected chi connectivity index (χ3v) is 6.46. The van der Waals surface area contributed by atoms with Gasteiger partial charge in [-0.05, 0) is 48.0 Å². The minimum absolute atomic E-state index is 0.0312. The van der Waals surface area contributed by atoms with Crippen molar-refractivity contribution in [3.05, 3.63) is 90.0 Å². The third-order valence-electron chi connectivity index (χ3n) is 5.02. The van der Waals surface area contributed by atoms with Crippen LogP contribution in [-0.2, 0) is 21.2 Å². The second kappa shape index (κ2) is 8.84. The van der Waals surface area contributed by atoms with Gasteiger partial charge in [-0.15, -0.1) is 0 Å². The molecule has 7 nitrogen and oxygen atoms in total. The number of nitrogens with one attached hydrogen (secondary N) is 1. The van der Waals surface area contributed by atoms with E-state index in [1.807, 2.05) is 0 Å². The van der Waals surface area contributed by atoms with Crippen molar-refractivity contribution < 1.29 is 28.2 Å². The van der Waals surface area contributed by atoms with Crippen molar-refractivity contribution in [3.63, 3.8) is 0 Å². The first-order valence-electron chi connectivity index (χ1n) is 10.1. The number of hydrogen-bond donors (Lipinski definition) is 3. The maximum absolute atomic E-state index is 13.2. The van der Waals surface area contributed by atoms with Gasteiger partial charge in [-0.2, -0.15) is 0 Å². The molecule has 0 unspecified atom stereocenters. The highest BCUT2D eigenvalue weighted by Crippen LogP contribution is 2.32. The van der Waals surface area contributed by atoms with E-state index in [2.05, 4.69) is 4.72 Å². The second-order valence-corrected chi connectivity index (χ2v) is 9.15. The Bertz CT molecular complexity index is 1460. The number of phenolic OH excluding ortho intramolecular Hbond substituents is 2. The number of phenols is 2. The average molecular weight is 464 g/mol. The minimum Gasteiger partial charge on any atom is -0.508 e. The summed E-state index contributed by atoms with van der Waals surface area (Å²) in [6, 6.07) is 20.7. The molecule has 0 bridgehead atoms. The molecule has 3 N–H and O–H groups in total. The van der Waals surface area contributed by atoms with Gasteiger partial charge in [-0.1, -0.05) is 36.4 Å². The molecule has 0 heterocycles. The van der Waals surface area contributed by atoms with E-state index in [1.54, 1.807) is 48.5 Å². The lowest BCUT2D eigenvalue weighted by Gasteiger charge is -2.14. The molecule has 4 rings (SSSR count). The Morgan fingerprint density at radius 3 is 2.42 bits per heavy atom. The molecule has 33 heavy (non-hydrogen) atoms. The fourth-order valence-corrected chi connectivity index (χ4v) is 4.87. The molecular weight excluding hydrogens is 442 g/mol. The highest BCUT2D eigenvalue weighted by Gasteiger charge is 2.20. The lowest BCUT2D eigenvalue weighted by atomic mass is 10.0. The van der Waals surface area contributed by atoms with Crippen LogP contribution in [0.4, 0.5) is 5.69 Å². The Balaban J connectivity index is 1.66. The molecule has 0 amide bonds. The summed E-state index contributed by atoms with van der Waals surface area (Å²) in [6.07, 6.45) is 0.301. The molecule has 4 aromatic rings. The van der Waals surface area contributed by atoms with Gasteiger partial charge >= 0.3 is 5.97 Å². The Kier molecular flexibility index (Phi) is 5.93. The molecule has 0 radical (unpaired) electrons. The van der Waals surface area contributed by atoms with E-state index in [9.17, 15) is 23.4 Å². The molecule has 0 aliphatic rings. The predicted octanol–water partition coefficient (Wildman–Crippen LogP) is 4.57. The van der Waals surface area contributed by atoms with E-state index in [-0.39, 0.29) is 22.1 Å². The van der Waals surface area contributed by atoms with E-state index in [1.165, 1.54) is 37.3 Å². The first kappa shape index (κ1) is 22.2. The molecule has 0 fully saturated rings. The van der Waals surface area contributed by atoms with Crippen LogP contribution in [0.2, 0.25) is 0 Å². The summed E-state index contributed by atoms with van der Waals surface area (Å²) in [5.74, 6) is -0.143. The van der Waals surface area contributed by atoms with E-state index in [0.29, 0.717) is 28.4 Å². The number of benzene rings is 4. The van der Waals surface area contributed by atoms with Gasteiger partial charge in [0.25, 0.3) is 10.0 Å². The van der Waals surface area contributed by atoms with E-state index < -0.39 is 16.0 Å².